The first-order valence-corrected chi connectivity index (χ1v) is 7.64. The van der Waals surface area contributed by atoms with Gasteiger partial charge in [-0.3, -0.25) is 4.79 Å². The van der Waals surface area contributed by atoms with Crippen LogP contribution in [0.4, 0.5) is 11.4 Å². The minimum Gasteiger partial charge on any atom is -0.382 e. The molecule has 5 nitrogen and oxygen atoms in total. The van der Waals surface area contributed by atoms with Crippen LogP contribution in [0.15, 0.2) is 24.3 Å². The van der Waals surface area contributed by atoms with E-state index in [4.69, 9.17) is 0 Å². The monoisotopic (exact) mass is 270 g/mol. The molecule has 1 amide bonds. The summed E-state index contributed by atoms with van der Waals surface area (Å²) in [6.45, 7) is 3.23. The Balaban J connectivity index is 2.70. The van der Waals surface area contributed by atoms with Crippen molar-refractivity contribution in [2.75, 3.05) is 22.6 Å². The Morgan fingerprint density at radius 3 is 2.50 bits per heavy atom. The van der Waals surface area contributed by atoms with Crippen molar-refractivity contribution in [3.8, 4) is 0 Å². The Bertz CT molecular complexity index is 526. The van der Waals surface area contributed by atoms with Gasteiger partial charge < -0.3 is 10.6 Å². The molecular weight excluding hydrogens is 252 g/mol. The fourth-order valence-electron chi connectivity index (χ4n) is 1.67. The van der Waals surface area contributed by atoms with Crippen LogP contribution >= 0.6 is 0 Å². The number of carbonyl (C=O) groups excluding carboxylic acids is 1. The molecule has 0 heterocycles. The lowest BCUT2D eigenvalue weighted by atomic mass is 10.2. The molecule has 0 aromatic heterocycles. The maximum Gasteiger partial charge on any atom is 0.221 e. The summed E-state index contributed by atoms with van der Waals surface area (Å²) in [7, 11) is -3.00. The van der Waals surface area contributed by atoms with Crippen molar-refractivity contribution in [1.82, 2.24) is 0 Å². The highest BCUT2D eigenvalue weighted by atomic mass is 32.2. The van der Waals surface area contributed by atoms with Crippen molar-refractivity contribution in [3.63, 3.8) is 0 Å². The van der Waals surface area contributed by atoms with Gasteiger partial charge in [-0.05, 0) is 25.1 Å². The number of rotatable bonds is 5. The Morgan fingerprint density at radius 1 is 1.33 bits per heavy atom. The zero-order chi connectivity index (χ0) is 13.8. The predicted molar refractivity (Wildman–Crippen MR) is 73.5 cm³/mol. The molecule has 1 unspecified atom stereocenters. The summed E-state index contributed by atoms with van der Waals surface area (Å²) >= 11 is 0. The molecule has 0 aliphatic heterocycles. The van der Waals surface area contributed by atoms with Crippen molar-refractivity contribution in [3.05, 3.63) is 24.3 Å². The Hall–Kier alpha value is -1.56. The molecule has 0 fully saturated rings. The molecular formula is C12H18N2O3S. The zero-order valence-corrected chi connectivity index (χ0v) is 11.5. The van der Waals surface area contributed by atoms with E-state index >= 15 is 0 Å². The van der Waals surface area contributed by atoms with Crippen LogP contribution in [-0.4, -0.2) is 32.4 Å². The van der Waals surface area contributed by atoms with Gasteiger partial charge in [0.25, 0.3) is 0 Å². The maximum absolute atomic E-state index is 11.1. The molecule has 2 N–H and O–H groups in total. The molecule has 0 saturated heterocycles. The van der Waals surface area contributed by atoms with E-state index in [0.29, 0.717) is 5.69 Å². The second kappa shape index (κ2) is 5.86. The number of benzene rings is 1. The number of carbonyl (C=O) groups is 1. The lowest BCUT2D eigenvalue weighted by Crippen LogP contribution is -2.25. The van der Waals surface area contributed by atoms with E-state index in [2.05, 4.69) is 10.6 Å². The lowest BCUT2D eigenvalue weighted by Gasteiger charge is -2.15. The first-order chi connectivity index (χ1) is 8.26. The van der Waals surface area contributed by atoms with Gasteiger partial charge in [0, 0.05) is 30.6 Å². The van der Waals surface area contributed by atoms with Gasteiger partial charge in [0.05, 0.1) is 5.75 Å². The number of hydrogen-bond donors (Lipinski definition) is 2. The van der Waals surface area contributed by atoms with Gasteiger partial charge in [-0.1, -0.05) is 6.07 Å². The standard InChI is InChI=1S/C12H18N2O3S/c1-9(8-18(3,16)17)13-11-5-4-6-12(7-11)14-10(2)15/h4-7,9,13H,8H2,1-3H3,(H,14,15). The number of amides is 1. The fraction of sp³-hybridized carbons (Fsp3) is 0.417. The molecule has 100 valence electrons. The molecule has 6 heteroatoms. The predicted octanol–water partition coefficient (Wildman–Crippen LogP) is 1.49. The SMILES string of the molecule is CC(=O)Nc1cccc(NC(C)CS(C)(=O)=O)c1. The van der Waals surface area contributed by atoms with Crippen LogP contribution in [0.2, 0.25) is 0 Å². The summed E-state index contributed by atoms with van der Waals surface area (Å²) in [6, 6.07) is 6.96. The second-order valence-corrected chi connectivity index (χ2v) is 6.58. The van der Waals surface area contributed by atoms with Gasteiger partial charge in [-0.2, -0.15) is 0 Å². The Kier molecular flexibility index (Phi) is 4.72. The van der Waals surface area contributed by atoms with E-state index in [0.717, 1.165) is 5.69 Å². The van der Waals surface area contributed by atoms with Crippen LogP contribution in [0, 0.1) is 0 Å². The van der Waals surface area contributed by atoms with Gasteiger partial charge >= 0.3 is 0 Å². The molecule has 0 spiro atoms. The molecule has 1 aromatic carbocycles. The Labute approximate surface area is 108 Å². The van der Waals surface area contributed by atoms with E-state index < -0.39 is 9.84 Å². The first kappa shape index (κ1) is 14.5. The van der Waals surface area contributed by atoms with E-state index in [1.807, 2.05) is 6.07 Å². The second-order valence-electron chi connectivity index (χ2n) is 4.40. The summed E-state index contributed by atoms with van der Waals surface area (Å²) in [4.78, 5) is 10.9. The third kappa shape index (κ3) is 5.67. The minimum atomic E-state index is -3.00. The van der Waals surface area contributed by atoms with E-state index in [1.54, 1.807) is 25.1 Å². The highest BCUT2D eigenvalue weighted by Crippen LogP contribution is 2.16. The number of hydrogen-bond acceptors (Lipinski definition) is 4. The number of sulfone groups is 1. The van der Waals surface area contributed by atoms with Crippen molar-refractivity contribution in [1.29, 1.82) is 0 Å². The largest absolute Gasteiger partial charge is 0.382 e. The summed E-state index contributed by atoms with van der Waals surface area (Å²) in [6.07, 6.45) is 1.21. The van der Waals surface area contributed by atoms with E-state index in [9.17, 15) is 13.2 Å². The van der Waals surface area contributed by atoms with Gasteiger partial charge in [0.2, 0.25) is 5.91 Å². The summed E-state index contributed by atoms with van der Waals surface area (Å²) < 4.78 is 22.3. The van der Waals surface area contributed by atoms with Crippen LogP contribution in [0.3, 0.4) is 0 Å². The average Bonchev–Trinajstić information content (AvgIpc) is 2.13. The van der Waals surface area contributed by atoms with Crippen LogP contribution in [0.5, 0.6) is 0 Å². The summed E-state index contributed by atoms with van der Waals surface area (Å²) in [5.41, 5.74) is 1.46. The van der Waals surface area contributed by atoms with Crippen molar-refractivity contribution >= 4 is 27.1 Å². The van der Waals surface area contributed by atoms with Crippen molar-refractivity contribution < 1.29 is 13.2 Å². The van der Waals surface area contributed by atoms with Crippen LogP contribution < -0.4 is 10.6 Å². The molecule has 0 aliphatic carbocycles. The van der Waals surface area contributed by atoms with E-state index in [1.165, 1.54) is 13.2 Å². The van der Waals surface area contributed by atoms with Gasteiger partial charge in [0.15, 0.2) is 0 Å². The molecule has 1 rings (SSSR count). The minimum absolute atomic E-state index is 0.0668. The quantitative estimate of drug-likeness (QED) is 0.850. The van der Waals surface area contributed by atoms with Gasteiger partial charge in [-0.15, -0.1) is 0 Å². The normalized spacial score (nSPS) is 12.8. The third-order valence-electron chi connectivity index (χ3n) is 2.15. The van der Waals surface area contributed by atoms with Crippen molar-refractivity contribution in [2.24, 2.45) is 0 Å². The number of anilines is 2. The molecule has 0 radical (unpaired) electrons. The van der Waals surface area contributed by atoms with Crippen molar-refractivity contribution in [2.45, 2.75) is 19.9 Å². The molecule has 0 bridgehead atoms. The molecule has 1 aromatic rings. The molecule has 1 atom stereocenters. The average molecular weight is 270 g/mol. The van der Waals surface area contributed by atoms with Crippen LogP contribution in [0.25, 0.3) is 0 Å². The third-order valence-corrected chi connectivity index (χ3v) is 3.25. The molecule has 18 heavy (non-hydrogen) atoms. The highest BCUT2D eigenvalue weighted by molar-refractivity contribution is 7.90. The van der Waals surface area contributed by atoms with Gasteiger partial charge in [-0.25, -0.2) is 8.42 Å². The zero-order valence-electron chi connectivity index (χ0n) is 10.7. The maximum atomic E-state index is 11.1. The first-order valence-electron chi connectivity index (χ1n) is 5.58. The number of nitrogens with one attached hydrogen (secondary N) is 2. The molecule has 0 aliphatic rings. The highest BCUT2D eigenvalue weighted by Gasteiger charge is 2.10. The summed E-state index contributed by atoms with van der Waals surface area (Å²) in [5.74, 6) is -0.0755. The Morgan fingerprint density at radius 2 is 1.94 bits per heavy atom. The fourth-order valence-corrected chi connectivity index (χ4v) is 2.66. The smallest absolute Gasteiger partial charge is 0.221 e. The van der Waals surface area contributed by atoms with Crippen LogP contribution in [0.1, 0.15) is 13.8 Å². The van der Waals surface area contributed by atoms with E-state index in [-0.39, 0.29) is 17.7 Å². The molecule has 0 saturated carbocycles. The topological polar surface area (TPSA) is 75.3 Å². The van der Waals surface area contributed by atoms with Gasteiger partial charge in [0.1, 0.15) is 9.84 Å². The summed E-state index contributed by atoms with van der Waals surface area (Å²) in [5, 5.41) is 5.75. The van der Waals surface area contributed by atoms with Crippen LogP contribution in [-0.2, 0) is 14.6 Å². The lowest BCUT2D eigenvalue weighted by molar-refractivity contribution is -0.114.